The average Bonchev–Trinajstić information content (AvgIpc) is 2.71. The minimum absolute atomic E-state index is 0.0211. The molecule has 1 fully saturated rings. The molecule has 1 saturated heterocycles. The maximum atomic E-state index is 6.06. The third-order valence-electron chi connectivity index (χ3n) is 2.23. The lowest BCUT2D eigenvalue weighted by Crippen LogP contribution is -2.44. The summed E-state index contributed by atoms with van der Waals surface area (Å²) in [5.74, 6) is 0. The van der Waals surface area contributed by atoms with Crippen molar-refractivity contribution >= 4 is 11.3 Å². The van der Waals surface area contributed by atoms with Crippen molar-refractivity contribution in [1.82, 2.24) is 5.32 Å². The first-order valence-electron chi connectivity index (χ1n) is 4.49. The van der Waals surface area contributed by atoms with E-state index in [1.54, 1.807) is 11.3 Å². The largest absolute Gasteiger partial charge is 0.374 e. The number of nitrogens with two attached hydrogens (primary N) is 1. The fourth-order valence-corrected chi connectivity index (χ4v) is 2.26. The Balaban J connectivity index is 1.99. The molecule has 2 rings (SSSR count). The van der Waals surface area contributed by atoms with Crippen LogP contribution in [0, 0.1) is 0 Å². The van der Waals surface area contributed by atoms with Crippen molar-refractivity contribution in [3.8, 4) is 0 Å². The van der Waals surface area contributed by atoms with Crippen molar-refractivity contribution in [2.45, 2.75) is 12.1 Å². The van der Waals surface area contributed by atoms with Crippen LogP contribution in [0.3, 0.4) is 0 Å². The molecule has 13 heavy (non-hydrogen) atoms. The van der Waals surface area contributed by atoms with Crippen molar-refractivity contribution < 1.29 is 4.74 Å². The van der Waals surface area contributed by atoms with Gasteiger partial charge in [0.25, 0.3) is 0 Å². The second-order valence-corrected chi connectivity index (χ2v) is 4.13. The van der Waals surface area contributed by atoms with Gasteiger partial charge in [-0.15, -0.1) is 11.3 Å². The van der Waals surface area contributed by atoms with E-state index in [1.807, 2.05) is 11.4 Å². The Morgan fingerprint density at radius 3 is 3.23 bits per heavy atom. The Morgan fingerprint density at radius 1 is 1.69 bits per heavy atom. The van der Waals surface area contributed by atoms with E-state index in [2.05, 4.69) is 11.4 Å². The maximum absolute atomic E-state index is 6.06. The summed E-state index contributed by atoms with van der Waals surface area (Å²) in [4.78, 5) is 1.20. The summed E-state index contributed by atoms with van der Waals surface area (Å²) in [7, 11) is 0. The van der Waals surface area contributed by atoms with Crippen LogP contribution in [0.2, 0.25) is 0 Å². The van der Waals surface area contributed by atoms with Crippen LogP contribution in [0.25, 0.3) is 0 Å². The predicted molar refractivity (Wildman–Crippen MR) is 53.9 cm³/mol. The molecule has 0 aliphatic carbocycles. The monoisotopic (exact) mass is 198 g/mol. The molecule has 72 valence electrons. The molecule has 0 aromatic carbocycles. The lowest BCUT2D eigenvalue weighted by atomic mass is 10.1. The van der Waals surface area contributed by atoms with Crippen LogP contribution in [0.4, 0.5) is 0 Å². The van der Waals surface area contributed by atoms with Crippen LogP contribution in [0.5, 0.6) is 0 Å². The molecule has 1 aromatic rings. The number of hydrogen-bond acceptors (Lipinski definition) is 4. The summed E-state index contributed by atoms with van der Waals surface area (Å²) in [6, 6.07) is 4.11. The van der Waals surface area contributed by atoms with Crippen molar-refractivity contribution in [3.05, 3.63) is 22.4 Å². The van der Waals surface area contributed by atoms with Gasteiger partial charge in [-0.05, 0) is 11.4 Å². The van der Waals surface area contributed by atoms with Crippen molar-refractivity contribution in [2.75, 3.05) is 19.7 Å². The van der Waals surface area contributed by atoms with E-state index in [0.717, 1.165) is 19.7 Å². The van der Waals surface area contributed by atoms with Gasteiger partial charge >= 0.3 is 0 Å². The Kier molecular flexibility index (Phi) is 2.95. The number of hydrogen-bond donors (Lipinski definition) is 2. The first-order chi connectivity index (χ1) is 6.38. The summed E-state index contributed by atoms with van der Waals surface area (Å²) < 4.78 is 5.58. The second-order valence-electron chi connectivity index (χ2n) is 3.15. The zero-order chi connectivity index (χ0) is 9.10. The van der Waals surface area contributed by atoms with E-state index < -0.39 is 0 Å². The molecular weight excluding hydrogens is 184 g/mol. The standard InChI is InChI=1S/C9H14N2OS/c10-9(8-2-1-5-13-8)7-6-11-3-4-12-7/h1-2,5,7,9,11H,3-4,6,10H2. The number of rotatable bonds is 2. The van der Waals surface area contributed by atoms with Gasteiger partial charge in [0.05, 0.1) is 18.8 Å². The summed E-state index contributed by atoms with van der Waals surface area (Å²) in [6.45, 7) is 2.57. The molecule has 0 spiro atoms. The zero-order valence-electron chi connectivity index (χ0n) is 7.40. The van der Waals surface area contributed by atoms with E-state index >= 15 is 0 Å². The second kappa shape index (κ2) is 4.19. The number of morpholine rings is 1. The highest BCUT2D eigenvalue weighted by Gasteiger charge is 2.22. The molecule has 3 N–H and O–H groups in total. The summed E-state index contributed by atoms with van der Waals surface area (Å²) in [5.41, 5.74) is 6.06. The van der Waals surface area contributed by atoms with Gasteiger partial charge in [0, 0.05) is 18.0 Å². The predicted octanol–water partition coefficient (Wildman–Crippen LogP) is 0.736. The topological polar surface area (TPSA) is 47.3 Å². The SMILES string of the molecule is NC(c1cccs1)C1CNCCO1. The average molecular weight is 198 g/mol. The fourth-order valence-electron chi connectivity index (χ4n) is 1.48. The van der Waals surface area contributed by atoms with Crippen LogP contribution in [-0.4, -0.2) is 25.8 Å². The smallest absolute Gasteiger partial charge is 0.0900 e. The van der Waals surface area contributed by atoms with Gasteiger partial charge in [-0.2, -0.15) is 0 Å². The van der Waals surface area contributed by atoms with Gasteiger partial charge in [0.2, 0.25) is 0 Å². The third-order valence-corrected chi connectivity index (χ3v) is 3.20. The summed E-state index contributed by atoms with van der Waals surface area (Å²) in [5, 5.41) is 5.32. The highest BCUT2D eigenvalue weighted by Crippen LogP contribution is 2.21. The molecule has 0 saturated carbocycles. The molecule has 2 heterocycles. The van der Waals surface area contributed by atoms with Crippen LogP contribution >= 0.6 is 11.3 Å². The summed E-state index contributed by atoms with van der Waals surface area (Å²) in [6.07, 6.45) is 0.132. The van der Waals surface area contributed by atoms with Crippen molar-refractivity contribution in [1.29, 1.82) is 0 Å². The Bertz CT molecular complexity index is 244. The van der Waals surface area contributed by atoms with Crippen LogP contribution in [0.15, 0.2) is 17.5 Å². The van der Waals surface area contributed by atoms with Crippen LogP contribution in [0.1, 0.15) is 10.9 Å². The van der Waals surface area contributed by atoms with Gasteiger partial charge in [-0.1, -0.05) is 6.07 Å². The normalized spacial score (nSPS) is 25.8. The Hall–Kier alpha value is -0.420. The lowest BCUT2D eigenvalue weighted by Gasteiger charge is -2.27. The van der Waals surface area contributed by atoms with Gasteiger partial charge in [-0.3, -0.25) is 0 Å². The van der Waals surface area contributed by atoms with E-state index in [4.69, 9.17) is 10.5 Å². The molecule has 0 bridgehead atoms. The van der Waals surface area contributed by atoms with Gasteiger partial charge < -0.3 is 15.8 Å². The quantitative estimate of drug-likeness (QED) is 0.736. The van der Waals surface area contributed by atoms with Crippen LogP contribution < -0.4 is 11.1 Å². The molecule has 1 aromatic heterocycles. The number of ether oxygens (including phenoxy) is 1. The van der Waals surface area contributed by atoms with Crippen molar-refractivity contribution in [2.24, 2.45) is 5.73 Å². The van der Waals surface area contributed by atoms with Gasteiger partial charge in [-0.25, -0.2) is 0 Å². The lowest BCUT2D eigenvalue weighted by molar-refractivity contribution is 0.0129. The minimum Gasteiger partial charge on any atom is -0.374 e. The summed E-state index contributed by atoms with van der Waals surface area (Å²) >= 11 is 1.69. The first-order valence-corrected chi connectivity index (χ1v) is 5.37. The van der Waals surface area contributed by atoms with Crippen molar-refractivity contribution in [3.63, 3.8) is 0 Å². The van der Waals surface area contributed by atoms with E-state index in [0.29, 0.717) is 0 Å². The molecule has 1 aliphatic heterocycles. The molecule has 4 heteroatoms. The Labute approximate surface area is 81.9 Å². The minimum atomic E-state index is 0.0211. The van der Waals surface area contributed by atoms with Gasteiger partial charge in [0.1, 0.15) is 0 Å². The zero-order valence-corrected chi connectivity index (χ0v) is 8.22. The molecular formula is C9H14N2OS. The molecule has 0 amide bonds. The van der Waals surface area contributed by atoms with Gasteiger partial charge in [0.15, 0.2) is 0 Å². The molecule has 3 nitrogen and oxygen atoms in total. The van der Waals surface area contributed by atoms with E-state index in [9.17, 15) is 0 Å². The molecule has 0 radical (unpaired) electrons. The number of nitrogens with one attached hydrogen (secondary N) is 1. The molecule has 2 atom stereocenters. The highest BCUT2D eigenvalue weighted by molar-refractivity contribution is 7.10. The number of thiophene rings is 1. The van der Waals surface area contributed by atoms with E-state index in [1.165, 1.54) is 4.88 Å². The fraction of sp³-hybridized carbons (Fsp3) is 0.556. The maximum Gasteiger partial charge on any atom is 0.0900 e. The molecule has 1 aliphatic rings. The Morgan fingerprint density at radius 2 is 2.62 bits per heavy atom. The third kappa shape index (κ3) is 2.08. The molecule has 2 unspecified atom stereocenters. The first kappa shape index (κ1) is 9.15. The van der Waals surface area contributed by atoms with E-state index in [-0.39, 0.29) is 12.1 Å². The highest BCUT2D eigenvalue weighted by atomic mass is 32.1. The van der Waals surface area contributed by atoms with Crippen LogP contribution in [-0.2, 0) is 4.74 Å².